The van der Waals surface area contributed by atoms with Crippen molar-refractivity contribution in [2.75, 3.05) is 5.32 Å². The first kappa shape index (κ1) is 10.9. The van der Waals surface area contributed by atoms with E-state index in [1.807, 2.05) is 12.1 Å². The van der Waals surface area contributed by atoms with Crippen LogP contribution in [0.15, 0.2) is 48.7 Å². The van der Waals surface area contributed by atoms with Crippen LogP contribution in [0.2, 0.25) is 5.02 Å². The number of aromatic nitrogens is 1. The zero-order valence-corrected chi connectivity index (χ0v) is 9.22. The Morgan fingerprint density at radius 3 is 2.50 bits per heavy atom. The molecule has 4 heteroatoms. The third-order valence-corrected chi connectivity index (χ3v) is 2.39. The van der Waals surface area contributed by atoms with E-state index in [0.717, 1.165) is 5.56 Å². The van der Waals surface area contributed by atoms with Gasteiger partial charge in [-0.3, -0.25) is 0 Å². The molecule has 82 valence electrons. The summed E-state index contributed by atoms with van der Waals surface area (Å²) in [6.07, 6.45) is 0.879. The van der Waals surface area contributed by atoms with Gasteiger partial charge in [-0.1, -0.05) is 29.8 Å². The molecular formula is C12H11ClN2O. The van der Waals surface area contributed by atoms with Gasteiger partial charge in [0.05, 0.1) is 0 Å². The van der Waals surface area contributed by atoms with Crippen molar-refractivity contribution in [1.82, 2.24) is 4.98 Å². The Labute approximate surface area is 98.7 Å². The lowest BCUT2D eigenvalue weighted by Gasteiger charge is -2.13. The Hall–Kier alpha value is -1.58. The summed E-state index contributed by atoms with van der Waals surface area (Å²) < 4.78 is 0. The molecule has 3 nitrogen and oxygen atoms in total. The first-order valence-electron chi connectivity index (χ1n) is 4.87. The van der Waals surface area contributed by atoms with Crippen LogP contribution >= 0.6 is 11.6 Å². The molecule has 0 fully saturated rings. The van der Waals surface area contributed by atoms with Crippen LogP contribution in [-0.4, -0.2) is 10.1 Å². The zero-order chi connectivity index (χ0) is 11.4. The molecule has 2 N–H and O–H groups in total. The summed E-state index contributed by atoms with van der Waals surface area (Å²) in [6, 6.07) is 12.5. The molecule has 2 rings (SSSR count). The zero-order valence-electron chi connectivity index (χ0n) is 8.47. The molecular weight excluding hydrogens is 224 g/mol. The molecule has 0 bridgehead atoms. The van der Waals surface area contributed by atoms with Gasteiger partial charge in [0, 0.05) is 16.8 Å². The fourth-order valence-electron chi connectivity index (χ4n) is 1.32. The fourth-order valence-corrected chi connectivity index (χ4v) is 1.44. The Kier molecular flexibility index (Phi) is 3.39. The SMILES string of the molecule is OC(Nc1ccccn1)c1ccc(Cl)cc1. The monoisotopic (exact) mass is 234 g/mol. The molecule has 0 spiro atoms. The lowest BCUT2D eigenvalue weighted by atomic mass is 10.2. The first-order chi connectivity index (χ1) is 7.75. The highest BCUT2D eigenvalue weighted by atomic mass is 35.5. The van der Waals surface area contributed by atoms with E-state index in [2.05, 4.69) is 10.3 Å². The summed E-state index contributed by atoms with van der Waals surface area (Å²) in [5.74, 6) is 0.630. The molecule has 1 atom stereocenters. The van der Waals surface area contributed by atoms with E-state index >= 15 is 0 Å². The van der Waals surface area contributed by atoms with Crippen molar-refractivity contribution in [3.8, 4) is 0 Å². The summed E-state index contributed by atoms with van der Waals surface area (Å²) >= 11 is 5.76. The second-order valence-corrected chi connectivity index (χ2v) is 3.75. The first-order valence-corrected chi connectivity index (χ1v) is 5.24. The highest BCUT2D eigenvalue weighted by molar-refractivity contribution is 6.30. The highest BCUT2D eigenvalue weighted by Crippen LogP contribution is 2.17. The summed E-state index contributed by atoms with van der Waals surface area (Å²) in [5.41, 5.74) is 0.745. The topological polar surface area (TPSA) is 45.1 Å². The minimum Gasteiger partial charge on any atom is -0.369 e. The fraction of sp³-hybridized carbons (Fsp3) is 0.0833. The molecule has 1 aromatic heterocycles. The van der Waals surface area contributed by atoms with E-state index in [1.165, 1.54) is 0 Å². The summed E-state index contributed by atoms with van der Waals surface area (Å²) in [5, 5.41) is 13.4. The van der Waals surface area contributed by atoms with E-state index < -0.39 is 6.23 Å². The summed E-state index contributed by atoms with van der Waals surface area (Å²) in [6.45, 7) is 0. The normalized spacial score (nSPS) is 12.1. The standard InChI is InChI=1S/C12H11ClN2O/c13-10-6-4-9(5-7-10)12(16)15-11-3-1-2-8-14-11/h1-8,12,16H,(H,14,15). The second-order valence-electron chi connectivity index (χ2n) is 3.31. The average molecular weight is 235 g/mol. The Balaban J connectivity index is 2.09. The molecule has 0 saturated heterocycles. The van der Waals surface area contributed by atoms with Crippen LogP contribution in [0.1, 0.15) is 11.8 Å². The predicted molar refractivity (Wildman–Crippen MR) is 64.3 cm³/mol. The lowest BCUT2D eigenvalue weighted by molar-refractivity contribution is 0.207. The maximum absolute atomic E-state index is 9.87. The number of hydrogen-bond donors (Lipinski definition) is 2. The van der Waals surface area contributed by atoms with E-state index in [0.29, 0.717) is 10.8 Å². The number of anilines is 1. The van der Waals surface area contributed by atoms with Crippen LogP contribution in [0.3, 0.4) is 0 Å². The Morgan fingerprint density at radius 2 is 1.88 bits per heavy atom. The van der Waals surface area contributed by atoms with Gasteiger partial charge < -0.3 is 10.4 Å². The van der Waals surface area contributed by atoms with Gasteiger partial charge in [0.15, 0.2) is 6.23 Å². The van der Waals surface area contributed by atoms with Gasteiger partial charge in [0.2, 0.25) is 0 Å². The predicted octanol–water partition coefficient (Wildman–Crippen LogP) is 2.84. The number of nitrogens with zero attached hydrogens (tertiary/aromatic N) is 1. The van der Waals surface area contributed by atoms with Gasteiger partial charge in [-0.25, -0.2) is 4.98 Å². The molecule has 0 radical (unpaired) electrons. The number of aliphatic hydroxyl groups is 1. The van der Waals surface area contributed by atoms with Crippen molar-refractivity contribution in [2.45, 2.75) is 6.23 Å². The van der Waals surface area contributed by atoms with Crippen LogP contribution in [0.25, 0.3) is 0 Å². The second kappa shape index (κ2) is 4.96. The van der Waals surface area contributed by atoms with E-state index in [4.69, 9.17) is 11.6 Å². The van der Waals surface area contributed by atoms with Crippen molar-refractivity contribution in [1.29, 1.82) is 0 Å². The molecule has 1 heterocycles. The molecule has 0 amide bonds. The van der Waals surface area contributed by atoms with Gasteiger partial charge in [0.25, 0.3) is 0 Å². The van der Waals surface area contributed by atoms with E-state index in [-0.39, 0.29) is 0 Å². The molecule has 0 aliphatic carbocycles. The highest BCUT2D eigenvalue weighted by Gasteiger charge is 2.06. The summed E-state index contributed by atoms with van der Waals surface area (Å²) in [7, 11) is 0. The van der Waals surface area contributed by atoms with E-state index in [9.17, 15) is 5.11 Å². The van der Waals surface area contributed by atoms with Crippen LogP contribution in [-0.2, 0) is 0 Å². The van der Waals surface area contributed by atoms with Gasteiger partial charge in [-0.2, -0.15) is 0 Å². The third-order valence-electron chi connectivity index (χ3n) is 2.14. The van der Waals surface area contributed by atoms with Crippen molar-refractivity contribution < 1.29 is 5.11 Å². The third kappa shape index (κ3) is 2.72. The van der Waals surface area contributed by atoms with Gasteiger partial charge in [-0.15, -0.1) is 0 Å². The maximum atomic E-state index is 9.87. The molecule has 0 aliphatic rings. The number of halogens is 1. The van der Waals surface area contributed by atoms with Crippen molar-refractivity contribution in [3.05, 3.63) is 59.2 Å². The maximum Gasteiger partial charge on any atom is 0.151 e. The smallest absolute Gasteiger partial charge is 0.151 e. The molecule has 16 heavy (non-hydrogen) atoms. The van der Waals surface area contributed by atoms with Gasteiger partial charge in [-0.05, 0) is 24.3 Å². The number of pyridine rings is 1. The van der Waals surface area contributed by atoms with Crippen molar-refractivity contribution in [3.63, 3.8) is 0 Å². The summed E-state index contributed by atoms with van der Waals surface area (Å²) in [4.78, 5) is 4.06. The van der Waals surface area contributed by atoms with Crippen LogP contribution < -0.4 is 5.32 Å². The van der Waals surface area contributed by atoms with Crippen LogP contribution in [0.4, 0.5) is 5.82 Å². The van der Waals surface area contributed by atoms with Crippen LogP contribution in [0.5, 0.6) is 0 Å². The Bertz CT molecular complexity index is 444. The number of benzene rings is 1. The van der Waals surface area contributed by atoms with Gasteiger partial charge >= 0.3 is 0 Å². The Morgan fingerprint density at radius 1 is 1.12 bits per heavy atom. The number of nitrogens with one attached hydrogen (secondary N) is 1. The largest absolute Gasteiger partial charge is 0.369 e. The molecule has 0 saturated carbocycles. The number of rotatable bonds is 3. The number of aliphatic hydroxyl groups excluding tert-OH is 1. The molecule has 1 unspecified atom stereocenters. The van der Waals surface area contributed by atoms with Crippen molar-refractivity contribution >= 4 is 17.4 Å². The van der Waals surface area contributed by atoms with Gasteiger partial charge in [0.1, 0.15) is 5.82 Å². The van der Waals surface area contributed by atoms with E-state index in [1.54, 1.807) is 36.5 Å². The molecule has 0 aliphatic heterocycles. The minimum absolute atomic E-state index is 0.630. The molecule has 2 aromatic rings. The lowest BCUT2D eigenvalue weighted by Crippen LogP contribution is -2.10. The van der Waals surface area contributed by atoms with Crippen LogP contribution in [0, 0.1) is 0 Å². The number of hydrogen-bond acceptors (Lipinski definition) is 3. The quantitative estimate of drug-likeness (QED) is 0.803. The molecule has 1 aromatic carbocycles. The van der Waals surface area contributed by atoms with Crippen molar-refractivity contribution in [2.24, 2.45) is 0 Å². The minimum atomic E-state index is -0.785. The average Bonchev–Trinajstić information content (AvgIpc) is 2.31.